The van der Waals surface area contributed by atoms with Gasteiger partial charge in [0, 0.05) is 22.3 Å². The Balaban J connectivity index is 1.89. The predicted octanol–water partition coefficient (Wildman–Crippen LogP) is 5.33. The van der Waals surface area contributed by atoms with Crippen LogP contribution < -0.4 is 15.0 Å². The smallest absolute Gasteiger partial charge is 0.282 e. The highest BCUT2D eigenvalue weighted by molar-refractivity contribution is 6.46. The standard InChI is InChI=1S/C24H17ClF2N2O3/c1-13-7-8-14(25)11-19(13)29-23(30)21(16-5-3-4-6-20(16)32-2)22(24(29)31)28-15-9-10-17(26)18(27)12-15/h3-12,28H,1-2H3. The number of anilines is 2. The summed E-state index contributed by atoms with van der Waals surface area (Å²) in [4.78, 5) is 28.0. The molecule has 162 valence electrons. The number of aryl methyl sites for hydroxylation is 1. The minimum Gasteiger partial charge on any atom is -0.496 e. The highest BCUT2D eigenvalue weighted by Gasteiger charge is 2.41. The van der Waals surface area contributed by atoms with Gasteiger partial charge in [0.05, 0.1) is 18.4 Å². The summed E-state index contributed by atoms with van der Waals surface area (Å²) in [6.07, 6.45) is 0. The van der Waals surface area contributed by atoms with Crippen LogP contribution in [-0.4, -0.2) is 18.9 Å². The number of para-hydroxylation sites is 1. The number of amides is 2. The summed E-state index contributed by atoms with van der Waals surface area (Å²) in [6.45, 7) is 1.75. The van der Waals surface area contributed by atoms with Gasteiger partial charge in [-0.3, -0.25) is 9.59 Å². The molecular weight excluding hydrogens is 438 g/mol. The van der Waals surface area contributed by atoms with Gasteiger partial charge in [-0.1, -0.05) is 35.9 Å². The maximum atomic E-state index is 13.8. The fourth-order valence-corrected chi connectivity index (χ4v) is 3.67. The normalized spacial score (nSPS) is 13.7. The third kappa shape index (κ3) is 3.71. The summed E-state index contributed by atoms with van der Waals surface area (Å²) in [7, 11) is 1.45. The maximum absolute atomic E-state index is 13.8. The van der Waals surface area contributed by atoms with Gasteiger partial charge in [0.25, 0.3) is 11.8 Å². The van der Waals surface area contributed by atoms with Crippen LogP contribution in [0.3, 0.4) is 0 Å². The fraction of sp³-hybridized carbons (Fsp3) is 0.0833. The van der Waals surface area contributed by atoms with E-state index in [1.165, 1.54) is 19.2 Å². The van der Waals surface area contributed by atoms with Gasteiger partial charge >= 0.3 is 0 Å². The minimum absolute atomic E-state index is 0.0385. The first-order valence-electron chi connectivity index (χ1n) is 9.56. The van der Waals surface area contributed by atoms with E-state index in [0.29, 0.717) is 27.6 Å². The molecule has 0 saturated carbocycles. The van der Waals surface area contributed by atoms with Crippen molar-refractivity contribution >= 4 is 40.4 Å². The zero-order chi connectivity index (χ0) is 23.0. The second-order valence-corrected chi connectivity index (χ2v) is 7.52. The molecule has 4 rings (SSSR count). The lowest BCUT2D eigenvalue weighted by atomic mass is 10.0. The van der Waals surface area contributed by atoms with Crippen LogP contribution in [0.4, 0.5) is 20.2 Å². The molecule has 0 radical (unpaired) electrons. The Kier molecular flexibility index (Phi) is 5.67. The number of hydrogen-bond acceptors (Lipinski definition) is 4. The number of hydrogen-bond donors (Lipinski definition) is 1. The molecule has 3 aromatic carbocycles. The van der Waals surface area contributed by atoms with E-state index in [1.807, 2.05) is 0 Å². The molecule has 0 saturated heterocycles. The van der Waals surface area contributed by atoms with Gasteiger partial charge in [-0.05, 0) is 42.8 Å². The zero-order valence-electron chi connectivity index (χ0n) is 17.1. The van der Waals surface area contributed by atoms with Crippen LogP contribution >= 0.6 is 11.6 Å². The third-order valence-electron chi connectivity index (χ3n) is 5.06. The molecule has 0 fully saturated rings. The average Bonchev–Trinajstić information content (AvgIpc) is 3.01. The van der Waals surface area contributed by atoms with Crippen LogP contribution in [0.1, 0.15) is 11.1 Å². The monoisotopic (exact) mass is 454 g/mol. The van der Waals surface area contributed by atoms with E-state index in [4.69, 9.17) is 16.3 Å². The van der Waals surface area contributed by atoms with E-state index < -0.39 is 23.4 Å². The summed E-state index contributed by atoms with van der Waals surface area (Å²) in [5.41, 5.74) is 1.41. The van der Waals surface area contributed by atoms with Crippen LogP contribution in [0.15, 0.2) is 66.4 Å². The Labute approximate surface area is 187 Å². The van der Waals surface area contributed by atoms with Crippen molar-refractivity contribution in [1.29, 1.82) is 0 Å². The second-order valence-electron chi connectivity index (χ2n) is 7.08. The third-order valence-corrected chi connectivity index (χ3v) is 5.30. The molecule has 0 spiro atoms. The first-order valence-corrected chi connectivity index (χ1v) is 9.94. The molecule has 3 aromatic rings. The first kappa shape index (κ1) is 21.5. The number of rotatable bonds is 5. The van der Waals surface area contributed by atoms with Gasteiger partial charge in [-0.25, -0.2) is 13.7 Å². The van der Waals surface area contributed by atoms with Crippen molar-refractivity contribution in [3.8, 4) is 5.75 Å². The molecule has 1 aliphatic heterocycles. The Morgan fingerprint density at radius 3 is 2.41 bits per heavy atom. The molecule has 0 atom stereocenters. The number of nitrogens with zero attached hydrogens (tertiary/aromatic N) is 1. The van der Waals surface area contributed by atoms with Crippen LogP contribution in [0.2, 0.25) is 5.02 Å². The number of benzene rings is 3. The van der Waals surface area contributed by atoms with Crippen molar-refractivity contribution in [2.75, 3.05) is 17.3 Å². The van der Waals surface area contributed by atoms with E-state index in [1.54, 1.807) is 43.3 Å². The van der Waals surface area contributed by atoms with E-state index in [2.05, 4.69) is 5.32 Å². The number of halogens is 3. The second kappa shape index (κ2) is 8.43. The average molecular weight is 455 g/mol. The van der Waals surface area contributed by atoms with Crippen molar-refractivity contribution < 1.29 is 23.1 Å². The molecule has 8 heteroatoms. The Morgan fingerprint density at radius 1 is 0.938 bits per heavy atom. The molecule has 2 amide bonds. The zero-order valence-corrected chi connectivity index (χ0v) is 17.8. The molecule has 0 aromatic heterocycles. The van der Waals surface area contributed by atoms with Gasteiger partial charge in [0.15, 0.2) is 11.6 Å². The lowest BCUT2D eigenvalue weighted by molar-refractivity contribution is -0.120. The number of methoxy groups -OCH3 is 1. The molecule has 1 N–H and O–H groups in total. The summed E-state index contributed by atoms with van der Waals surface area (Å²) >= 11 is 6.11. The Morgan fingerprint density at radius 2 is 1.69 bits per heavy atom. The van der Waals surface area contributed by atoms with E-state index in [0.717, 1.165) is 17.0 Å². The molecular formula is C24H17ClF2N2O3. The van der Waals surface area contributed by atoms with Crippen LogP contribution in [0, 0.1) is 18.6 Å². The van der Waals surface area contributed by atoms with Crippen LogP contribution in [-0.2, 0) is 9.59 Å². The molecule has 5 nitrogen and oxygen atoms in total. The predicted molar refractivity (Wildman–Crippen MR) is 119 cm³/mol. The lowest BCUT2D eigenvalue weighted by Crippen LogP contribution is -2.33. The summed E-state index contributed by atoms with van der Waals surface area (Å²) in [5.74, 6) is -3.01. The van der Waals surface area contributed by atoms with Crippen molar-refractivity contribution in [2.45, 2.75) is 6.92 Å². The number of carbonyl (C=O) groups is 2. The van der Waals surface area contributed by atoms with E-state index in [9.17, 15) is 18.4 Å². The first-order chi connectivity index (χ1) is 15.3. The maximum Gasteiger partial charge on any atom is 0.282 e. The highest BCUT2D eigenvalue weighted by atomic mass is 35.5. The summed E-state index contributed by atoms with van der Waals surface area (Å²) < 4.78 is 32.5. The molecule has 0 aliphatic carbocycles. The number of ether oxygens (including phenoxy) is 1. The number of nitrogens with one attached hydrogen (secondary N) is 1. The molecule has 1 heterocycles. The van der Waals surface area contributed by atoms with Crippen molar-refractivity contribution in [3.63, 3.8) is 0 Å². The SMILES string of the molecule is COc1ccccc1C1=C(Nc2ccc(F)c(F)c2)C(=O)N(c2cc(Cl)ccc2C)C1=O. The number of imide groups is 1. The summed E-state index contributed by atoms with van der Waals surface area (Å²) in [6, 6.07) is 14.7. The molecule has 32 heavy (non-hydrogen) atoms. The van der Waals surface area contributed by atoms with Gasteiger partial charge < -0.3 is 10.1 Å². The fourth-order valence-electron chi connectivity index (χ4n) is 3.51. The topological polar surface area (TPSA) is 58.6 Å². The highest BCUT2D eigenvalue weighted by Crippen LogP contribution is 2.38. The van der Waals surface area contributed by atoms with Gasteiger partial charge in [0.1, 0.15) is 11.4 Å². The van der Waals surface area contributed by atoms with Gasteiger partial charge in [0.2, 0.25) is 0 Å². The van der Waals surface area contributed by atoms with Crippen LogP contribution in [0.5, 0.6) is 5.75 Å². The summed E-state index contributed by atoms with van der Waals surface area (Å²) in [5, 5.41) is 3.15. The van der Waals surface area contributed by atoms with Gasteiger partial charge in [-0.2, -0.15) is 0 Å². The molecule has 1 aliphatic rings. The number of carbonyl (C=O) groups excluding carboxylic acids is 2. The lowest BCUT2D eigenvalue weighted by Gasteiger charge is -2.18. The van der Waals surface area contributed by atoms with E-state index in [-0.39, 0.29) is 17.0 Å². The molecule has 0 unspecified atom stereocenters. The van der Waals surface area contributed by atoms with Crippen molar-refractivity contribution in [1.82, 2.24) is 0 Å². The molecule has 0 bridgehead atoms. The quantitative estimate of drug-likeness (QED) is 0.529. The Bertz CT molecular complexity index is 1290. The largest absolute Gasteiger partial charge is 0.496 e. The van der Waals surface area contributed by atoms with Gasteiger partial charge in [-0.15, -0.1) is 0 Å². The van der Waals surface area contributed by atoms with E-state index >= 15 is 0 Å². The Hall–Kier alpha value is -3.71. The van der Waals surface area contributed by atoms with Crippen LogP contribution in [0.25, 0.3) is 5.57 Å². The van der Waals surface area contributed by atoms with Crippen molar-refractivity contribution in [2.24, 2.45) is 0 Å². The minimum atomic E-state index is -1.09. The van der Waals surface area contributed by atoms with Crippen molar-refractivity contribution in [3.05, 3.63) is 94.1 Å².